The summed E-state index contributed by atoms with van der Waals surface area (Å²) in [5, 5.41) is 6.07. The zero-order valence-electron chi connectivity index (χ0n) is 19.4. The van der Waals surface area contributed by atoms with Crippen LogP contribution in [0, 0.1) is 0 Å². The van der Waals surface area contributed by atoms with Gasteiger partial charge in [0.05, 0.1) is 29.2 Å². The lowest BCUT2D eigenvalue weighted by Crippen LogP contribution is -2.32. The minimum atomic E-state index is -0.0625. The number of amides is 1. The number of hydrogen-bond acceptors (Lipinski definition) is 6. The molecule has 0 saturated heterocycles. The predicted octanol–water partition coefficient (Wildman–Crippen LogP) is 6.23. The van der Waals surface area contributed by atoms with Gasteiger partial charge in [0, 0.05) is 18.4 Å². The highest BCUT2D eigenvalue weighted by Gasteiger charge is 2.19. The molecule has 6 nitrogen and oxygen atoms in total. The van der Waals surface area contributed by atoms with E-state index in [1.54, 1.807) is 17.6 Å². The summed E-state index contributed by atoms with van der Waals surface area (Å²) in [5.74, 6) is 2.27. The molecule has 1 unspecified atom stereocenters. The van der Waals surface area contributed by atoms with E-state index >= 15 is 0 Å². The second-order valence-electron chi connectivity index (χ2n) is 8.32. The number of rotatable bonds is 9. The average molecular weight is 483 g/mol. The maximum atomic E-state index is 12.9. The molecule has 1 N–H and O–H groups in total. The molecule has 7 heteroatoms. The van der Waals surface area contributed by atoms with E-state index in [0.29, 0.717) is 25.3 Å². The fourth-order valence-electron chi connectivity index (χ4n) is 4.04. The van der Waals surface area contributed by atoms with Crippen LogP contribution in [0.5, 0.6) is 0 Å². The van der Waals surface area contributed by atoms with E-state index in [4.69, 9.17) is 14.4 Å². The Bertz CT molecular complexity index is 1390. The monoisotopic (exact) mass is 482 g/mol. The Labute approximate surface area is 208 Å². The number of anilines is 1. The van der Waals surface area contributed by atoms with Crippen molar-refractivity contribution in [3.8, 4) is 10.7 Å². The number of carbonyl (C=O) groups is 1. The van der Waals surface area contributed by atoms with Crippen molar-refractivity contribution in [2.45, 2.75) is 25.9 Å². The normalized spacial score (nSPS) is 11.9. The summed E-state index contributed by atoms with van der Waals surface area (Å²) in [6.07, 6.45) is 1.99. The molecule has 3 aromatic heterocycles. The largest absolute Gasteiger partial charge is 0.467 e. The molecule has 176 valence electrons. The van der Waals surface area contributed by atoms with Crippen LogP contribution >= 0.6 is 11.3 Å². The molecule has 0 saturated carbocycles. The average Bonchev–Trinajstić information content (AvgIpc) is 3.61. The van der Waals surface area contributed by atoms with Crippen molar-refractivity contribution in [3.05, 3.63) is 102 Å². The molecule has 1 atom stereocenters. The fourth-order valence-corrected chi connectivity index (χ4v) is 4.70. The number of nitrogens with zero attached hydrogens (tertiary/aromatic N) is 3. The van der Waals surface area contributed by atoms with Gasteiger partial charge in [0.15, 0.2) is 5.82 Å². The number of benzene rings is 2. The summed E-state index contributed by atoms with van der Waals surface area (Å²) >= 11 is 1.61. The van der Waals surface area contributed by atoms with Gasteiger partial charge in [-0.05, 0) is 48.2 Å². The quantitative estimate of drug-likeness (QED) is 0.270. The van der Waals surface area contributed by atoms with Crippen molar-refractivity contribution in [1.29, 1.82) is 0 Å². The molecular weight excluding hydrogens is 456 g/mol. The lowest BCUT2D eigenvalue weighted by atomic mass is 10.1. The molecule has 0 radical (unpaired) electrons. The Morgan fingerprint density at radius 2 is 1.83 bits per heavy atom. The molecule has 0 aliphatic carbocycles. The SMILES string of the molecule is CC(NC(=O)CCN(Cc1ccco1)c1nc(-c2cccs2)nc2ccccc12)c1ccccc1. The summed E-state index contributed by atoms with van der Waals surface area (Å²) < 4.78 is 5.65. The van der Waals surface area contributed by atoms with Crippen molar-refractivity contribution in [2.75, 3.05) is 11.4 Å². The number of hydrogen-bond donors (Lipinski definition) is 1. The van der Waals surface area contributed by atoms with Crippen LogP contribution in [0.1, 0.15) is 30.7 Å². The maximum Gasteiger partial charge on any atom is 0.222 e. The predicted molar refractivity (Wildman–Crippen MR) is 140 cm³/mol. The van der Waals surface area contributed by atoms with Gasteiger partial charge in [0.2, 0.25) is 5.91 Å². The van der Waals surface area contributed by atoms with Gasteiger partial charge >= 0.3 is 0 Å². The van der Waals surface area contributed by atoms with Crippen LogP contribution < -0.4 is 10.2 Å². The van der Waals surface area contributed by atoms with E-state index in [1.807, 2.05) is 91.2 Å². The highest BCUT2D eigenvalue weighted by molar-refractivity contribution is 7.13. The summed E-state index contributed by atoms with van der Waals surface area (Å²) in [4.78, 5) is 25.8. The Morgan fingerprint density at radius 3 is 2.60 bits per heavy atom. The van der Waals surface area contributed by atoms with Crippen LogP contribution in [0.25, 0.3) is 21.6 Å². The third-order valence-corrected chi connectivity index (χ3v) is 6.70. The number of para-hydroxylation sites is 1. The van der Waals surface area contributed by atoms with Gasteiger partial charge in [-0.1, -0.05) is 48.5 Å². The lowest BCUT2D eigenvalue weighted by Gasteiger charge is -2.25. The minimum Gasteiger partial charge on any atom is -0.467 e. The molecule has 0 aliphatic heterocycles. The number of thiophene rings is 1. The Hall–Kier alpha value is -3.97. The zero-order valence-corrected chi connectivity index (χ0v) is 20.2. The molecule has 5 aromatic rings. The van der Waals surface area contributed by atoms with Crippen LogP contribution in [-0.4, -0.2) is 22.4 Å². The van der Waals surface area contributed by atoms with Crippen LogP contribution in [0.2, 0.25) is 0 Å². The first-order valence-electron chi connectivity index (χ1n) is 11.6. The lowest BCUT2D eigenvalue weighted by molar-refractivity contribution is -0.121. The van der Waals surface area contributed by atoms with Crippen LogP contribution in [0.4, 0.5) is 5.82 Å². The summed E-state index contributed by atoms with van der Waals surface area (Å²) in [6, 6.07) is 25.7. The zero-order chi connectivity index (χ0) is 24.0. The van der Waals surface area contributed by atoms with Gasteiger partial charge in [-0.15, -0.1) is 11.3 Å². The van der Waals surface area contributed by atoms with Gasteiger partial charge in [-0.25, -0.2) is 9.97 Å². The van der Waals surface area contributed by atoms with Gasteiger partial charge in [-0.3, -0.25) is 4.79 Å². The first-order valence-corrected chi connectivity index (χ1v) is 12.5. The number of carbonyl (C=O) groups excluding carboxylic acids is 1. The number of aromatic nitrogens is 2. The third-order valence-electron chi connectivity index (χ3n) is 5.84. The summed E-state index contributed by atoms with van der Waals surface area (Å²) in [5.41, 5.74) is 1.95. The third kappa shape index (κ3) is 5.41. The van der Waals surface area contributed by atoms with Crippen LogP contribution in [0.3, 0.4) is 0 Å². The van der Waals surface area contributed by atoms with Gasteiger partial charge < -0.3 is 14.6 Å². The maximum absolute atomic E-state index is 12.9. The van der Waals surface area contributed by atoms with E-state index in [0.717, 1.165) is 32.9 Å². The number of nitrogens with one attached hydrogen (secondary N) is 1. The molecule has 0 aliphatic rings. The molecule has 0 bridgehead atoms. The molecule has 3 heterocycles. The van der Waals surface area contributed by atoms with E-state index in [1.165, 1.54) is 0 Å². The van der Waals surface area contributed by atoms with Crippen molar-refractivity contribution in [1.82, 2.24) is 15.3 Å². The second-order valence-corrected chi connectivity index (χ2v) is 9.26. The molecule has 5 rings (SSSR count). The summed E-state index contributed by atoms with van der Waals surface area (Å²) in [7, 11) is 0. The van der Waals surface area contributed by atoms with E-state index < -0.39 is 0 Å². The smallest absolute Gasteiger partial charge is 0.222 e. The number of fused-ring (bicyclic) bond motifs is 1. The molecule has 0 spiro atoms. The number of furan rings is 1. The fraction of sp³-hybridized carbons (Fsp3) is 0.179. The highest BCUT2D eigenvalue weighted by atomic mass is 32.1. The van der Waals surface area contributed by atoms with E-state index in [9.17, 15) is 4.79 Å². The van der Waals surface area contributed by atoms with E-state index in [2.05, 4.69) is 10.2 Å². The Balaban J connectivity index is 1.43. The minimum absolute atomic E-state index is 0.0114. The van der Waals surface area contributed by atoms with Crippen molar-refractivity contribution in [2.24, 2.45) is 0 Å². The van der Waals surface area contributed by atoms with Crippen molar-refractivity contribution in [3.63, 3.8) is 0 Å². The molecular formula is C28H26N4O2S. The van der Waals surface area contributed by atoms with Gasteiger partial charge in [0.1, 0.15) is 11.6 Å². The molecule has 35 heavy (non-hydrogen) atoms. The standard InChI is InChI=1S/C28H26N4O2S/c1-20(21-9-3-2-4-10-21)29-26(33)15-16-32(19-22-11-7-17-34-22)28-23-12-5-6-13-24(23)30-27(31-28)25-14-8-18-35-25/h2-14,17-18,20H,15-16,19H2,1H3,(H,29,33). The highest BCUT2D eigenvalue weighted by Crippen LogP contribution is 2.30. The van der Waals surface area contributed by atoms with Crippen molar-refractivity contribution >= 4 is 34.0 Å². The first-order chi connectivity index (χ1) is 17.2. The van der Waals surface area contributed by atoms with Crippen molar-refractivity contribution < 1.29 is 9.21 Å². The molecule has 1 amide bonds. The molecule has 0 fully saturated rings. The molecule has 2 aromatic carbocycles. The first kappa shape index (κ1) is 22.8. The second kappa shape index (κ2) is 10.5. The van der Waals surface area contributed by atoms with Gasteiger partial charge in [-0.2, -0.15) is 0 Å². The van der Waals surface area contributed by atoms with Crippen LogP contribution in [0.15, 0.2) is 94.9 Å². The Morgan fingerprint density at radius 1 is 1.00 bits per heavy atom. The summed E-state index contributed by atoms with van der Waals surface area (Å²) in [6.45, 7) is 2.98. The van der Waals surface area contributed by atoms with E-state index in [-0.39, 0.29) is 11.9 Å². The van der Waals surface area contributed by atoms with Gasteiger partial charge in [0.25, 0.3) is 0 Å². The Kier molecular flexibility index (Phi) is 6.86. The topological polar surface area (TPSA) is 71.3 Å². The van der Waals surface area contributed by atoms with Crippen LogP contribution in [-0.2, 0) is 11.3 Å².